The standard InChI is InChI=1S/C13H21N5O2S.C3H5Cl/c1-2-3-4-11-15-16-13(21-11)18(19)10-14-9-12(18)17-5-7-20-8-6-17;4-3-1-2-3/h2,12,14H,1,3-10H2;3H,1-2H2. The maximum Gasteiger partial charge on any atom is 0.309 e. The average Bonchev–Trinajstić information content (AvgIpc) is 3.12. The average molecular weight is 388 g/mol. The van der Waals surface area contributed by atoms with Gasteiger partial charge in [0.2, 0.25) is 0 Å². The molecule has 1 saturated carbocycles. The van der Waals surface area contributed by atoms with E-state index in [9.17, 15) is 5.21 Å². The van der Waals surface area contributed by atoms with Crippen LogP contribution in [0.25, 0.3) is 0 Å². The first-order valence-corrected chi connectivity index (χ1v) is 10.1. The Morgan fingerprint density at radius 3 is 2.76 bits per heavy atom. The summed E-state index contributed by atoms with van der Waals surface area (Å²) in [4.78, 5) is 2.21. The second kappa shape index (κ2) is 8.85. The van der Waals surface area contributed by atoms with Crippen molar-refractivity contribution in [2.45, 2.75) is 37.2 Å². The van der Waals surface area contributed by atoms with Gasteiger partial charge in [-0.3, -0.25) is 9.96 Å². The molecule has 9 heteroatoms. The SMILES string of the molecule is C=CCCc1nnc([N+]2([O-])CNCC2N2CCOCC2)s1.ClC1CC1. The lowest BCUT2D eigenvalue weighted by molar-refractivity contribution is -0.00383. The van der Waals surface area contributed by atoms with Crippen LogP contribution in [0.15, 0.2) is 12.7 Å². The monoisotopic (exact) mass is 387 g/mol. The van der Waals surface area contributed by atoms with Gasteiger partial charge >= 0.3 is 5.13 Å². The van der Waals surface area contributed by atoms with E-state index in [-0.39, 0.29) is 6.17 Å². The summed E-state index contributed by atoms with van der Waals surface area (Å²) in [6.07, 6.45) is 5.89. The Morgan fingerprint density at radius 2 is 2.12 bits per heavy atom. The van der Waals surface area contributed by atoms with Gasteiger partial charge in [-0.1, -0.05) is 11.2 Å². The smallest absolute Gasteiger partial charge is 0.309 e. The van der Waals surface area contributed by atoms with E-state index in [0.29, 0.717) is 36.9 Å². The summed E-state index contributed by atoms with van der Waals surface area (Å²) in [5, 5.41) is 26.8. The van der Waals surface area contributed by atoms with E-state index in [1.165, 1.54) is 24.2 Å². The van der Waals surface area contributed by atoms with Crippen molar-refractivity contribution in [2.75, 3.05) is 39.5 Å². The maximum absolute atomic E-state index is 13.3. The largest absolute Gasteiger partial charge is 0.623 e. The summed E-state index contributed by atoms with van der Waals surface area (Å²) in [7, 11) is 0. The summed E-state index contributed by atoms with van der Waals surface area (Å²) in [5.74, 6) is 0. The van der Waals surface area contributed by atoms with Gasteiger partial charge in [0.15, 0.2) is 6.17 Å². The molecule has 3 heterocycles. The fourth-order valence-corrected chi connectivity index (χ4v) is 3.92. The topological polar surface area (TPSA) is 73.3 Å². The van der Waals surface area contributed by atoms with Crippen LogP contribution in [0.5, 0.6) is 0 Å². The molecule has 1 aromatic rings. The van der Waals surface area contributed by atoms with Crippen LogP contribution in [0.4, 0.5) is 5.13 Å². The fraction of sp³-hybridized carbons (Fsp3) is 0.750. The van der Waals surface area contributed by atoms with Crippen molar-refractivity contribution in [3.63, 3.8) is 0 Å². The molecule has 0 amide bonds. The van der Waals surface area contributed by atoms with Crippen LogP contribution in [0.3, 0.4) is 0 Å². The number of morpholine rings is 1. The van der Waals surface area contributed by atoms with Crippen LogP contribution in [0.1, 0.15) is 24.3 Å². The minimum absolute atomic E-state index is 0.130. The molecule has 0 spiro atoms. The Kier molecular flexibility index (Phi) is 6.79. The number of rotatable bonds is 5. The van der Waals surface area contributed by atoms with Crippen molar-refractivity contribution in [3.8, 4) is 0 Å². The van der Waals surface area contributed by atoms with Crippen LogP contribution in [0.2, 0.25) is 0 Å². The highest BCUT2D eigenvalue weighted by atomic mass is 35.5. The molecule has 0 radical (unpaired) electrons. The molecular weight excluding hydrogens is 362 g/mol. The summed E-state index contributed by atoms with van der Waals surface area (Å²) in [6, 6.07) is 0. The highest BCUT2D eigenvalue weighted by molar-refractivity contribution is 7.15. The third kappa shape index (κ3) is 4.97. The lowest BCUT2D eigenvalue weighted by atomic mass is 10.3. The predicted octanol–water partition coefficient (Wildman–Crippen LogP) is 2.07. The molecule has 2 aliphatic heterocycles. The molecule has 1 N–H and O–H groups in total. The zero-order valence-corrected chi connectivity index (χ0v) is 16.0. The predicted molar refractivity (Wildman–Crippen MR) is 102 cm³/mol. The number of allylic oxidation sites excluding steroid dienone is 1. The van der Waals surface area contributed by atoms with Crippen molar-refractivity contribution in [3.05, 3.63) is 22.9 Å². The number of hydrogen-bond donors (Lipinski definition) is 1. The third-order valence-corrected chi connectivity index (χ3v) is 6.00. The van der Waals surface area contributed by atoms with Gasteiger partial charge in [-0.15, -0.1) is 23.3 Å². The number of nitrogens with one attached hydrogen (secondary N) is 1. The van der Waals surface area contributed by atoms with Gasteiger partial charge < -0.3 is 9.94 Å². The second-order valence-electron chi connectivity index (χ2n) is 6.52. The van der Waals surface area contributed by atoms with E-state index in [2.05, 4.69) is 27.0 Å². The van der Waals surface area contributed by atoms with E-state index < -0.39 is 4.65 Å². The zero-order valence-electron chi connectivity index (χ0n) is 14.4. The number of aryl methyl sites for hydroxylation is 1. The molecule has 0 aromatic carbocycles. The van der Waals surface area contributed by atoms with E-state index in [1.807, 2.05) is 6.08 Å². The minimum Gasteiger partial charge on any atom is -0.623 e. The molecule has 3 fully saturated rings. The van der Waals surface area contributed by atoms with Gasteiger partial charge in [0.25, 0.3) is 0 Å². The molecule has 4 rings (SSSR count). The van der Waals surface area contributed by atoms with Gasteiger partial charge in [-0.05, 0) is 30.6 Å². The van der Waals surface area contributed by atoms with E-state index in [1.54, 1.807) is 0 Å². The van der Waals surface area contributed by atoms with E-state index in [0.717, 1.165) is 30.9 Å². The molecule has 140 valence electrons. The summed E-state index contributed by atoms with van der Waals surface area (Å²) in [6.45, 7) is 7.74. The van der Waals surface area contributed by atoms with Gasteiger partial charge in [-0.2, -0.15) is 0 Å². The molecule has 7 nitrogen and oxygen atoms in total. The Labute approximate surface area is 157 Å². The minimum atomic E-state index is -0.439. The molecule has 2 unspecified atom stereocenters. The summed E-state index contributed by atoms with van der Waals surface area (Å²) >= 11 is 6.81. The fourth-order valence-electron chi connectivity index (χ4n) is 2.86. The number of ether oxygens (including phenoxy) is 1. The van der Waals surface area contributed by atoms with Gasteiger partial charge in [-0.25, -0.2) is 4.90 Å². The van der Waals surface area contributed by atoms with Crippen LogP contribution >= 0.6 is 22.9 Å². The molecular formula is C16H26ClN5O2S. The molecule has 3 aliphatic rings. The van der Waals surface area contributed by atoms with Crippen molar-refractivity contribution in [1.29, 1.82) is 0 Å². The zero-order chi connectivity index (χ0) is 17.7. The third-order valence-electron chi connectivity index (χ3n) is 4.47. The molecule has 0 bridgehead atoms. The van der Waals surface area contributed by atoms with E-state index >= 15 is 0 Å². The number of quaternary nitrogens is 1. The molecule has 2 saturated heterocycles. The van der Waals surface area contributed by atoms with E-state index in [4.69, 9.17) is 16.3 Å². The summed E-state index contributed by atoms with van der Waals surface area (Å²) < 4.78 is 4.94. The summed E-state index contributed by atoms with van der Waals surface area (Å²) in [5.41, 5.74) is 0. The number of alkyl halides is 1. The van der Waals surface area contributed by atoms with Crippen molar-refractivity contribution < 1.29 is 4.74 Å². The van der Waals surface area contributed by atoms with Gasteiger partial charge in [0.1, 0.15) is 11.7 Å². The number of hydroxylamine groups is 2. The van der Waals surface area contributed by atoms with Crippen LogP contribution in [-0.2, 0) is 11.2 Å². The van der Waals surface area contributed by atoms with Crippen molar-refractivity contribution in [2.24, 2.45) is 0 Å². The molecule has 25 heavy (non-hydrogen) atoms. The first kappa shape index (κ1) is 19.2. The highest BCUT2D eigenvalue weighted by Crippen LogP contribution is 2.32. The van der Waals surface area contributed by atoms with Crippen molar-refractivity contribution in [1.82, 2.24) is 25.1 Å². The highest BCUT2D eigenvalue weighted by Gasteiger charge is 2.43. The quantitative estimate of drug-likeness (QED) is 0.361. The number of halogens is 1. The maximum atomic E-state index is 13.3. The number of aromatic nitrogens is 2. The van der Waals surface area contributed by atoms with Crippen LogP contribution in [-0.4, -0.2) is 66.2 Å². The Balaban J connectivity index is 0.000000401. The number of nitrogens with zero attached hydrogens (tertiary/aromatic N) is 4. The number of hydrogen-bond acceptors (Lipinski definition) is 7. The Bertz CT molecular complexity index is 564. The molecule has 1 aliphatic carbocycles. The Hall–Kier alpha value is -0.610. The normalized spacial score (nSPS) is 29.9. The molecule has 1 aromatic heterocycles. The lowest BCUT2D eigenvalue weighted by Crippen LogP contribution is -2.59. The van der Waals surface area contributed by atoms with Crippen LogP contribution in [0, 0.1) is 5.21 Å². The lowest BCUT2D eigenvalue weighted by Gasteiger charge is -2.44. The first-order valence-electron chi connectivity index (χ1n) is 8.82. The van der Waals surface area contributed by atoms with Crippen molar-refractivity contribution >= 4 is 28.1 Å². The van der Waals surface area contributed by atoms with Gasteiger partial charge in [0.05, 0.1) is 19.8 Å². The van der Waals surface area contributed by atoms with Gasteiger partial charge in [0, 0.05) is 24.9 Å². The Morgan fingerprint density at radius 1 is 1.40 bits per heavy atom. The van der Waals surface area contributed by atoms with Crippen LogP contribution < -0.4 is 9.96 Å². The second-order valence-corrected chi connectivity index (χ2v) is 8.17. The molecule has 2 atom stereocenters. The first-order chi connectivity index (χ1) is 12.1.